The Kier molecular flexibility index (Phi) is 24.5. The molecular weight excluding hydrogens is 878 g/mol. The summed E-state index contributed by atoms with van der Waals surface area (Å²) in [4.78, 5) is 40.8. The van der Waals surface area contributed by atoms with Crippen molar-refractivity contribution in [2.45, 2.75) is 116 Å². The molecule has 0 unspecified atom stereocenters. The summed E-state index contributed by atoms with van der Waals surface area (Å²) in [5.74, 6) is 1.96. The van der Waals surface area contributed by atoms with Crippen LogP contribution in [0.25, 0.3) is 26.4 Å². The number of hydrogen-bond donors (Lipinski definition) is 0. The molecule has 2 aromatic heterocycles. The first-order valence-corrected chi connectivity index (χ1v) is 21.7. The van der Waals surface area contributed by atoms with Crippen molar-refractivity contribution in [2.75, 3.05) is 33.5 Å². The van der Waals surface area contributed by atoms with Crippen LogP contribution in [-0.2, 0) is 47.6 Å². The first-order chi connectivity index (χ1) is 31.5. The fraction of sp³-hybridized carbons (Fsp3) is 0.489. The van der Waals surface area contributed by atoms with Crippen molar-refractivity contribution in [1.29, 1.82) is 0 Å². The van der Waals surface area contributed by atoms with Gasteiger partial charge in [0.05, 0.1) is 39.5 Å². The van der Waals surface area contributed by atoms with Gasteiger partial charge in [-0.1, -0.05) is 53.6 Å². The molecule has 66 heavy (non-hydrogen) atoms. The van der Waals surface area contributed by atoms with Crippen LogP contribution in [0.3, 0.4) is 0 Å². The Morgan fingerprint density at radius 2 is 1.12 bits per heavy atom. The standard InChI is InChI=1S/C23H29ClN2O3.C23H29N5O3.CH3F.N3.Na/c1-23(2,3)29-22(27)26-10-9-20(26)16-28-21-12-19(14-25-15-21)8-7-17-5-4-6-18(11-17)13-24;1-23(2,3)31-22(29)28-10-9-20(28)16-30-21-12-19(13-25-15-21)8-7-17-5-4-6-18(11-17)14-26-27-24;1-2;1-3-2;/h4-6,11-12,14-15,20H,7-10,13,16H2,1-3H3;4-6,11-13,15,20H,7-10,14,16H2,1-3H3;1H3;;/q;;;-1;+1/t2*20-;;;/m00.../s1/i;;1D;;. The van der Waals surface area contributed by atoms with E-state index in [-0.39, 0.29) is 53.8 Å². The van der Waals surface area contributed by atoms with E-state index in [0.717, 1.165) is 66.5 Å². The van der Waals surface area contributed by atoms with Gasteiger partial charge in [0.1, 0.15) is 35.9 Å². The molecule has 2 amide bonds. The molecule has 6 rings (SSSR count). The van der Waals surface area contributed by atoms with Gasteiger partial charge in [0.2, 0.25) is 0 Å². The number of halogens is 2. The Balaban J connectivity index is 0.000000407. The van der Waals surface area contributed by atoms with Crippen LogP contribution in [0.1, 0.15) is 89.1 Å². The molecule has 2 aromatic carbocycles. The van der Waals surface area contributed by atoms with E-state index in [1.165, 1.54) is 16.0 Å². The number of hydrogen-bond acceptors (Lipinski definition) is 9. The maximum atomic E-state index is 12.2. The Bertz CT molecular complexity index is 2220. The van der Waals surface area contributed by atoms with Crippen molar-refractivity contribution in [3.8, 4) is 11.5 Å². The molecule has 2 saturated heterocycles. The minimum atomic E-state index is -1.00. The van der Waals surface area contributed by atoms with Crippen LogP contribution in [0.2, 0.25) is 0 Å². The van der Waals surface area contributed by atoms with Crippen LogP contribution in [0.4, 0.5) is 14.0 Å². The SMILES string of the molecule is CC(C)(C)OC(=O)N1CC[C@H]1COc1cncc(CCc2cccc(CCl)c2)c1.CC(C)(C)OC(=O)N1CC[C@H]1COc1cncc(CCc2cccc(CN=[N+]=[N-])c2)c1.[2H]CF.[N-]=[N+]=[N-].[Na+]. The third kappa shape index (κ3) is 20.9. The van der Waals surface area contributed by atoms with Gasteiger partial charge in [0.15, 0.2) is 0 Å². The quantitative estimate of drug-likeness (QED) is 0.0370. The van der Waals surface area contributed by atoms with E-state index in [0.29, 0.717) is 44.5 Å². The topological polar surface area (TPSA) is 211 Å². The zero-order valence-electron chi connectivity index (χ0n) is 40.1. The molecular formula is C47H61ClFN10NaO6. The summed E-state index contributed by atoms with van der Waals surface area (Å²) in [6.45, 7) is 13.8. The van der Waals surface area contributed by atoms with Crippen molar-refractivity contribution in [2.24, 2.45) is 5.11 Å². The summed E-state index contributed by atoms with van der Waals surface area (Å²) in [6, 6.07) is 20.5. The van der Waals surface area contributed by atoms with Gasteiger partial charge < -0.3 is 39.8 Å². The maximum Gasteiger partial charge on any atom is 1.00 e. The van der Waals surface area contributed by atoms with Gasteiger partial charge in [0, 0.05) is 36.3 Å². The Hall–Kier alpha value is -5.28. The number of nitrogens with zero attached hydrogens (tertiary/aromatic N) is 10. The van der Waals surface area contributed by atoms with Crippen LogP contribution in [0, 0.1) is 0 Å². The molecule has 0 saturated carbocycles. The summed E-state index contributed by atoms with van der Waals surface area (Å²) in [6.07, 6.45) is 11.9. The van der Waals surface area contributed by atoms with E-state index >= 15 is 0 Å². The number of benzene rings is 2. The molecule has 0 bridgehead atoms. The van der Waals surface area contributed by atoms with Crippen LogP contribution in [0.15, 0.2) is 90.6 Å². The van der Waals surface area contributed by atoms with Crippen molar-refractivity contribution >= 4 is 23.8 Å². The second kappa shape index (κ2) is 29.4. The van der Waals surface area contributed by atoms with Crippen molar-refractivity contribution in [3.63, 3.8) is 0 Å². The number of amides is 2. The van der Waals surface area contributed by atoms with Crippen molar-refractivity contribution in [3.05, 3.63) is 145 Å². The smallest absolute Gasteiger partial charge is 0.490 e. The zero-order valence-corrected chi connectivity index (χ0v) is 41.9. The van der Waals surface area contributed by atoms with Crippen LogP contribution >= 0.6 is 11.6 Å². The molecule has 4 heterocycles. The molecule has 0 radical (unpaired) electrons. The summed E-state index contributed by atoms with van der Waals surface area (Å²) in [5.41, 5.74) is 27.8. The van der Waals surface area contributed by atoms with E-state index < -0.39 is 18.4 Å². The number of likely N-dealkylation sites (tertiary alicyclic amines) is 2. The van der Waals surface area contributed by atoms with Gasteiger partial charge >= 0.3 is 41.7 Å². The number of carbonyl (C=O) groups is 2. The van der Waals surface area contributed by atoms with Gasteiger partial charge in [-0.15, -0.1) is 11.6 Å². The van der Waals surface area contributed by atoms with Crippen molar-refractivity contribution in [1.82, 2.24) is 19.8 Å². The first-order valence-electron chi connectivity index (χ1n) is 21.9. The fourth-order valence-corrected chi connectivity index (χ4v) is 6.70. The Labute approximate surface area is 416 Å². The monoisotopic (exact) mass is 939 g/mol. The molecule has 19 heteroatoms. The summed E-state index contributed by atoms with van der Waals surface area (Å²) in [7, 11) is -1.00. The van der Waals surface area contributed by atoms with Gasteiger partial charge in [0.25, 0.3) is 0 Å². The van der Waals surface area contributed by atoms with Crippen LogP contribution in [0.5, 0.6) is 11.5 Å². The van der Waals surface area contributed by atoms with Crippen LogP contribution in [-0.4, -0.2) is 88.7 Å². The summed E-state index contributed by atoms with van der Waals surface area (Å²) >= 11 is 5.92. The zero-order chi connectivity index (χ0) is 48.5. The van der Waals surface area contributed by atoms with E-state index in [1.54, 1.807) is 22.2 Å². The average molecular weight is 941 g/mol. The number of pyridine rings is 2. The third-order valence-electron chi connectivity index (χ3n) is 9.83. The number of carbonyl (C=O) groups excluding carboxylic acids is 2. The number of aryl methyl sites for hydroxylation is 4. The molecule has 2 fully saturated rings. The van der Waals surface area contributed by atoms with E-state index in [1.807, 2.05) is 90.3 Å². The molecule has 2 aliphatic rings. The number of alkyl halides is 2. The molecule has 0 spiro atoms. The van der Waals surface area contributed by atoms with E-state index in [4.69, 9.17) is 48.5 Å². The van der Waals surface area contributed by atoms with Gasteiger partial charge in [-0.2, -0.15) is 0 Å². The molecule has 2 atom stereocenters. The molecule has 0 N–H and O–H groups in total. The van der Waals surface area contributed by atoms with Gasteiger partial charge in [-0.3, -0.25) is 19.3 Å². The largest absolute Gasteiger partial charge is 1.00 e. The van der Waals surface area contributed by atoms with E-state index in [2.05, 4.69) is 44.3 Å². The second-order valence-electron chi connectivity index (χ2n) is 17.2. The number of rotatable bonds is 15. The molecule has 0 aliphatic carbocycles. The molecule has 350 valence electrons. The normalized spacial score (nSPS) is 14.9. The summed E-state index contributed by atoms with van der Waals surface area (Å²) < 4.78 is 38.2. The second-order valence-corrected chi connectivity index (χ2v) is 17.4. The number of azide groups is 1. The maximum absolute atomic E-state index is 12.2. The average Bonchev–Trinajstić information content (AvgIpc) is 3.23. The molecule has 16 nitrogen and oxygen atoms in total. The third-order valence-corrected chi connectivity index (χ3v) is 10.1. The van der Waals surface area contributed by atoms with Crippen molar-refractivity contribution < 1.29 is 63.9 Å². The number of aromatic nitrogens is 2. The molecule has 2 aliphatic heterocycles. The predicted molar refractivity (Wildman–Crippen MR) is 249 cm³/mol. The Morgan fingerprint density at radius 1 is 0.727 bits per heavy atom. The first kappa shape index (κ1) is 55.1. The fourth-order valence-electron chi connectivity index (χ4n) is 6.54. The van der Waals surface area contributed by atoms with Gasteiger partial charge in [-0.05, 0) is 131 Å². The van der Waals surface area contributed by atoms with Gasteiger partial charge in [-0.25, -0.2) is 9.59 Å². The predicted octanol–water partition coefficient (Wildman–Crippen LogP) is 8.51. The summed E-state index contributed by atoms with van der Waals surface area (Å²) in [5, 5.41) is 3.61. The molecule has 4 aromatic rings. The Morgan fingerprint density at radius 3 is 1.50 bits per heavy atom. The minimum absolute atomic E-state index is 0. The number of ether oxygens (including phenoxy) is 4. The van der Waals surface area contributed by atoms with E-state index in [9.17, 15) is 14.0 Å². The minimum Gasteiger partial charge on any atom is -0.490 e. The van der Waals surface area contributed by atoms with Crippen LogP contribution < -0.4 is 39.0 Å².